The van der Waals surface area contributed by atoms with Crippen molar-refractivity contribution in [1.29, 1.82) is 0 Å². The van der Waals surface area contributed by atoms with Crippen LogP contribution >= 0.6 is 0 Å². The van der Waals surface area contributed by atoms with Crippen molar-refractivity contribution in [3.63, 3.8) is 0 Å². The molecule has 4 heteroatoms. The second-order valence-corrected chi connectivity index (χ2v) is 4.62. The molecule has 4 nitrogen and oxygen atoms in total. The molecule has 0 bridgehead atoms. The molecule has 0 aliphatic rings. The van der Waals surface area contributed by atoms with E-state index in [1.807, 2.05) is 19.1 Å². The van der Waals surface area contributed by atoms with Crippen LogP contribution in [0, 0.1) is 6.92 Å². The molecular weight excluding hydrogens is 228 g/mol. The van der Waals surface area contributed by atoms with Gasteiger partial charge in [0.2, 0.25) is 0 Å². The lowest BCUT2D eigenvalue weighted by atomic mass is 10.0. The summed E-state index contributed by atoms with van der Waals surface area (Å²) in [7, 11) is 0. The van der Waals surface area contributed by atoms with Crippen molar-refractivity contribution in [2.24, 2.45) is 5.73 Å². The minimum atomic E-state index is -0.142. The number of nitrogens with one attached hydrogen (secondary N) is 1. The van der Waals surface area contributed by atoms with E-state index in [4.69, 9.17) is 10.5 Å². The van der Waals surface area contributed by atoms with Crippen LogP contribution in [0.3, 0.4) is 0 Å². The van der Waals surface area contributed by atoms with E-state index in [9.17, 15) is 4.79 Å². The van der Waals surface area contributed by atoms with Gasteiger partial charge in [0.05, 0.1) is 0 Å². The largest absolute Gasteiger partial charge is 0.483 e. The molecule has 0 spiro atoms. The molecule has 1 aromatic rings. The number of amides is 1. The summed E-state index contributed by atoms with van der Waals surface area (Å²) in [5.41, 5.74) is 7.55. The van der Waals surface area contributed by atoms with E-state index in [1.165, 1.54) is 0 Å². The Morgan fingerprint density at radius 1 is 1.44 bits per heavy atom. The molecule has 18 heavy (non-hydrogen) atoms. The van der Waals surface area contributed by atoms with Gasteiger partial charge in [0.1, 0.15) is 5.75 Å². The van der Waals surface area contributed by atoms with Crippen molar-refractivity contribution in [3.8, 4) is 5.75 Å². The van der Waals surface area contributed by atoms with Crippen molar-refractivity contribution >= 4 is 5.91 Å². The molecule has 3 N–H and O–H groups in total. The molecule has 0 saturated heterocycles. The third kappa shape index (κ3) is 4.37. The van der Waals surface area contributed by atoms with E-state index in [-0.39, 0.29) is 12.5 Å². The maximum Gasteiger partial charge on any atom is 0.257 e. The number of carbonyl (C=O) groups is 1. The van der Waals surface area contributed by atoms with Crippen LogP contribution in [-0.4, -0.2) is 25.6 Å². The van der Waals surface area contributed by atoms with Gasteiger partial charge in [0.25, 0.3) is 5.91 Å². The fourth-order valence-corrected chi connectivity index (χ4v) is 1.65. The number of rotatable bonds is 6. The van der Waals surface area contributed by atoms with Gasteiger partial charge in [-0.25, -0.2) is 0 Å². The molecular formula is C14H22N2O2. The summed E-state index contributed by atoms with van der Waals surface area (Å²) >= 11 is 0. The Kier molecular flexibility index (Phi) is 5.65. The Morgan fingerprint density at radius 3 is 2.78 bits per heavy atom. The van der Waals surface area contributed by atoms with Crippen LogP contribution in [0.5, 0.6) is 5.75 Å². The number of benzene rings is 1. The summed E-state index contributed by atoms with van der Waals surface area (Å²) in [6.07, 6.45) is 0. The first-order valence-corrected chi connectivity index (χ1v) is 6.24. The minimum Gasteiger partial charge on any atom is -0.483 e. The maximum atomic E-state index is 11.4. The van der Waals surface area contributed by atoms with Crippen molar-refractivity contribution in [2.45, 2.75) is 26.7 Å². The highest BCUT2D eigenvalue weighted by atomic mass is 16.5. The van der Waals surface area contributed by atoms with Crippen LogP contribution in [0.1, 0.15) is 30.9 Å². The summed E-state index contributed by atoms with van der Waals surface area (Å²) in [6.45, 7) is 7.16. The topological polar surface area (TPSA) is 64.3 Å². The minimum absolute atomic E-state index is 0.0309. The molecule has 0 aliphatic heterocycles. The highest BCUT2D eigenvalue weighted by molar-refractivity contribution is 5.77. The van der Waals surface area contributed by atoms with Gasteiger partial charge in [0, 0.05) is 13.1 Å². The van der Waals surface area contributed by atoms with E-state index >= 15 is 0 Å². The quantitative estimate of drug-likeness (QED) is 0.805. The molecule has 0 heterocycles. The standard InChI is InChI=1S/C14H22N2O2/c1-10(2)12-5-4-11(3)8-13(12)18-9-14(17)16-7-6-15/h4-5,8,10H,6-7,9,15H2,1-3H3,(H,16,17). The third-order valence-electron chi connectivity index (χ3n) is 2.62. The van der Waals surface area contributed by atoms with Crippen LogP contribution < -0.4 is 15.8 Å². The molecule has 100 valence electrons. The van der Waals surface area contributed by atoms with Crippen LogP contribution in [0.15, 0.2) is 18.2 Å². The first-order chi connectivity index (χ1) is 8.54. The monoisotopic (exact) mass is 250 g/mol. The molecule has 1 rings (SSSR count). The van der Waals surface area contributed by atoms with E-state index < -0.39 is 0 Å². The van der Waals surface area contributed by atoms with Gasteiger partial charge >= 0.3 is 0 Å². The molecule has 1 amide bonds. The van der Waals surface area contributed by atoms with Gasteiger partial charge in [-0.05, 0) is 30.0 Å². The third-order valence-corrected chi connectivity index (χ3v) is 2.62. The van der Waals surface area contributed by atoms with Crippen molar-refractivity contribution in [3.05, 3.63) is 29.3 Å². The fourth-order valence-electron chi connectivity index (χ4n) is 1.65. The predicted octanol–water partition coefficient (Wildman–Crippen LogP) is 1.57. The van der Waals surface area contributed by atoms with E-state index in [0.717, 1.165) is 16.9 Å². The van der Waals surface area contributed by atoms with Gasteiger partial charge < -0.3 is 15.8 Å². The summed E-state index contributed by atoms with van der Waals surface area (Å²) < 4.78 is 5.59. The van der Waals surface area contributed by atoms with Crippen LogP contribution in [0.2, 0.25) is 0 Å². The van der Waals surface area contributed by atoms with Gasteiger partial charge in [-0.15, -0.1) is 0 Å². The highest BCUT2D eigenvalue weighted by Crippen LogP contribution is 2.27. The number of nitrogens with two attached hydrogens (primary N) is 1. The molecule has 0 fully saturated rings. The van der Waals surface area contributed by atoms with Crippen molar-refractivity contribution in [2.75, 3.05) is 19.7 Å². The zero-order chi connectivity index (χ0) is 13.5. The van der Waals surface area contributed by atoms with E-state index in [2.05, 4.69) is 25.2 Å². The fraction of sp³-hybridized carbons (Fsp3) is 0.500. The summed E-state index contributed by atoms with van der Waals surface area (Å²) in [5, 5.41) is 2.68. The van der Waals surface area contributed by atoms with Gasteiger partial charge in [-0.2, -0.15) is 0 Å². The van der Waals surface area contributed by atoms with Gasteiger partial charge in [-0.1, -0.05) is 26.0 Å². The van der Waals surface area contributed by atoms with Crippen molar-refractivity contribution in [1.82, 2.24) is 5.32 Å². The first-order valence-electron chi connectivity index (χ1n) is 6.24. The lowest BCUT2D eigenvalue weighted by molar-refractivity contribution is -0.123. The average molecular weight is 250 g/mol. The molecule has 1 aromatic carbocycles. The second kappa shape index (κ2) is 7.01. The zero-order valence-electron chi connectivity index (χ0n) is 11.3. The Morgan fingerprint density at radius 2 is 2.17 bits per heavy atom. The maximum absolute atomic E-state index is 11.4. The number of ether oxygens (including phenoxy) is 1. The van der Waals surface area contributed by atoms with Crippen molar-refractivity contribution < 1.29 is 9.53 Å². The smallest absolute Gasteiger partial charge is 0.257 e. The summed E-state index contributed by atoms with van der Waals surface area (Å²) in [4.78, 5) is 11.4. The molecule has 0 unspecified atom stereocenters. The number of aryl methyl sites for hydroxylation is 1. The Balaban J connectivity index is 2.65. The Hall–Kier alpha value is -1.55. The summed E-state index contributed by atoms with van der Waals surface area (Å²) in [6, 6.07) is 6.06. The molecule has 0 atom stereocenters. The normalized spacial score (nSPS) is 10.5. The first kappa shape index (κ1) is 14.5. The van der Waals surface area contributed by atoms with E-state index in [1.54, 1.807) is 0 Å². The number of hydrogen-bond donors (Lipinski definition) is 2. The Labute approximate surface area is 109 Å². The SMILES string of the molecule is Cc1ccc(C(C)C)c(OCC(=O)NCCN)c1. The highest BCUT2D eigenvalue weighted by Gasteiger charge is 2.09. The van der Waals surface area contributed by atoms with Gasteiger partial charge in [-0.3, -0.25) is 4.79 Å². The molecule has 0 aliphatic carbocycles. The average Bonchev–Trinajstić information content (AvgIpc) is 2.33. The lowest BCUT2D eigenvalue weighted by Crippen LogP contribution is -2.33. The van der Waals surface area contributed by atoms with Crippen LogP contribution in [0.25, 0.3) is 0 Å². The second-order valence-electron chi connectivity index (χ2n) is 4.62. The van der Waals surface area contributed by atoms with Crippen LogP contribution in [0.4, 0.5) is 0 Å². The lowest BCUT2D eigenvalue weighted by Gasteiger charge is -2.14. The summed E-state index contributed by atoms with van der Waals surface area (Å²) in [5.74, 6) is 1.01. The van der Waals surface area contributed by atoms with Crippen LogP contribution in [-0.2, 0) is 4.79 Å². The molecule has 0 saturated carbocycles. The number of carbonyl (C=O) groups excluding carboxylic acids is 1. The van der Waals surface area contributed by atoms with Gasteiger partial charge in [0.15, 0.2) is 6.61 Å². The molecule has 0 radical (unpaired) electrons. The Bertz CT molecular complexity index is 403. The number of hydrogen-bond acceptors (Lipinski definition) is 3. The predicted molar refractivity (Wildman–Crippen MR) is 72.8 cm³/mol. The van der Waals surface area contributed by atoms with E-state index in [0.29, 0.717) is 19.0 Å². The molecule has 0 aromatic heterocycles. The zero-order valence-corrected chi connectivity index (χ0v) is 11.3.